The van der Waals surface area contributed by atoms with Gasteiger partial charge in [-0.15, -0.1) is 10.2 Å². The van der Waals surface area contributed by atoms with Gasteiger partial charge >= 0.3 is 0 Å². The second kappa shape index (κ2) is 5.75. The van der Waals surface area contributed by atoms with E-state index in [-0.39, 0.29) is 0 Å². The molecule has 2 aromatic carbocycles. The fourth-order valence-corrected chi connectivity index (χ4v) is 3.36. The molecule has 4 rings (SSSR count). The van der Waals surface area contributed by atoms with Crippen LogP contribution in [0.4, 0.5) is 0 Å². The van der Waals surface area contributed by atoms with E-state index in [1.54, 1.807) is 11.6 Å². The van der Waals surface area contributed by atoms with Crippen molar-refractivity contribution >= 4 is 32.2 Å². The zero-order chi connectivity index (χ0) is 15.8. The van der Waals surface area contributed by atoms with Crippen molar-refractivity contribution in [2.75, 3.05) is 7.11 Å². The van der Waals surface area contributed by atoms with Gasteiger partial charge in [0.2, 0.25) is 4.96 Å². The average Bonchev–Trinajstić information content (AvgIpc) is 3.16. The zero-order valence-corrected chi connectivity index (χ0v) is 14.5. The van der Waals surface area contributed by atoms with Crippen LogP contribution in [0.5, 0.6) is 5.75 Å². The number of fused-ring (bicyclic) bond motifs is 1. The number of rotatable bonds is 3. The summed E-state index contributed by atoms with van der Waals surface area (Å²) in [6.45, 7) is 0. The van der Waals surface area contributed by atoms with Crippen LogP contribution in [0.15, 0.2) is 53.0 Å². The van der Waals surface area contributed by atoms with E-state index in [4.69, 9.17) is 4.74 Å². The van der Waals surface area contributed by atoms with E-state index < -0.39 is 0 Å². The van der Waals surface area contributed by atoms with Crippen molar-refractivity contribution in [2.45, 2.75) is 0 Å². The van der Waals surface area contributed by atoms with Gasteiger partial charge in [-0.2, -0.15) is 9.61 Å². The van der Waals surface area contributed by atoms with Gasteiger partial charge in [0.15, 0.2) is 5.82 Å². The van der Waals surface area contributed by atoms with Crippen LogP contribution < -0.4 is 4.74 Å². The number of halogens is 1. The quantitative estimate of drug-likeness (QED) is 0.526. The van der Waals surface area contributed by atoms with E-state index in [0.29, 0.717) is 0 Å². The Balaban J connectivity index is 1.78. The fraction of sp³-hybridized carbons (Fsp3) is 0.0625. The third-order valence-corrected chi connectivity index (χ3v) is 4.91. The number of hydrogen-bond acceptors (Lipinski definition) is 5. The summed E-state index contributed by atoms with van der Waals surface area (Å²) in [6, 6.07) is 15.8. The van der Waals surface area contributed by atoms with Crippen molar-refractivity contribution in [1.82, 2.24) is 19.8 Å². The molecule has 0 aliphatic heterocycles. The van der Waals surface area contributed by atoms with E-state index in [9.17, 15) is 0 Å². The van der Waals surface area contributed by atoms with Crippen molar-refractivity contribution in [2.24, 2.45) is 0 Å². The molecule has 0 saturated heterocycles. The SMILES string of the molecule is COc1ccc(-c2nnc3sc(-c4ccc(Br)cc4)nn23)cc1. The minimum absolute atomic E-state index is 0.724. The molecule has 0 saturated carbocycles. The van der Waals surface area contributed by atoms with Crippen molar-refractivity contribution in [3.8, 4) is 27.7 Å². The maximum Gasteiger partial charge on any atom is 0.235 e. The van der Waals surface area contributed by atoms with Crippen LogP contribution >= 0.6 is 27.3 Å². The smallest absolute Gasteiger partial charge is 0.235 e. The lowest BCUT2D eigenvalue weighted by Gasteiger charge is -2.00. The van der Waals surface area contributed by atoms with Gasteiger partial charge in [-0.05, 0) is 36.4 Å². The molecule has 2 heterocycles. The van der Waals surface area contributed by atoms with Gasteiger partial charge in [-0.25, -0.2) is 0 Å². The molecule has 0 radical (unpaired) electrons. The summed E-state index contributed by atoms with van der Waals surface area (Å²) in [6.07, 6.45) is 0. The molecule has 0 aliphatic rings. The Morgan fingerprint density at radius 2 is 1.65 bits per heavy atom. The first kappa shape index (κ1) is 14.3. The molecule has 0 bridgehead atoms. The second-order valence-corrected chi connectivity index (χ2v) is 6.73. The van der Waals surface area contributed by atoms with E-state index in [0.717, 1.165) is 37.1 Å². The highest BCUT2D eigenvalue weighted by Gasteiger charge is 2.14. The summed E-state index contributed by atoms with van der Waals surface area (Å²) in [7, 11) is 1.65. The summed E-state index contributed by atoms with van der Waals surface area (Å²) in [5, 5.41) is 14.0. The van der Waals surface area contributed by atoms with Crippen LogP contribution in [0.3, 0.4) is 0 Å². The van der Waals surface area contributed by atoms with Crippen LogP contribution in [0.2, 0.25) is 0 Å². The van der Waals surface area contributed by atoms with Crippen LogP contribution in [0.25, 0.3) is 26.9 Å². The van der Waals surface area contributed by atoms with Crippen molar-refractivity contribution in [1.29, 1.82) is 0 Å². The topological polar surface area (TPSA) is 52.3 Å². The molecule has 0 spiro atoms. The van der Waals surface area contributed by atoms with E-state index in [1.165, 1.54) is 11.3 Å². The lowest BCUT2D eigenvalue weighted by atomic mass is 10.2. The third-order valence-electron chi connectivity index (χ3n) is 3.43. The highest BCUT2D eigenvalue weighted by molar-refractivity contribution is 9.10. The Hall–Kier alpha value is -2.25. The molecule has 23 heavy (non-hydrogen) atoms. The minimum atomic E-state index is 0.724. The molecule has 0 amide bonds. The molecular formula is C16H11BrN4OS. The molecule has 2 aromatic heterocycles. The normalized spacial score (nSPS) is 11.0. The van der Waals surface area contributed by atoms with Gasteiger partial charge in [-0.3, -0.25) is 0 Å². The Morgan fingerprint density at radius 1 is 0.957 bits per heavy atom. The van der Waals surface area contributed by atoms with Crippen molar-refractivity contribution < 1.29 is 4.74 Å². The Kier molecular flexibility index (Phi) is 3.59. The number of methoxy groups -OCH3 is 1. The molecule has 0 atom stereocenters. The number of aromatic nitrogens is 4. The molecule has 0 aliphatic carbocycles. The molecule has 7 heteroatoms. The lowest BCUT2D eigenvalue weighted by molar-refractivity contribution is 0.415. The van der Waals surface area contributed by atoms with Crippen LogP contribution in [0, 0.1) is 0 Å². The summed E-state index contributed by atoms with van der Waals surface area (Å²) >= 11 is 4.96. The predicted molar refractivity (Wildman–Crippen MR) is 93.8 cm³/mol. The Bertz CT molecular complexity index is 960. The highest BCUT2D eigenvalue weighted by atomic mass is 79.9. The Morgan fingerprint density at radius 3 is 2.35 bits per heavy atom. The van der Waals surface area contributed by atoms with Crippen LogP contribution in [0.1, 0.15) is 0 Å². The number of ether oxygens (including phenoxy) is 1. The standard InChI is InChI=1S/C16H11BrN4OS/c1-22-13-8-4-10(5-9-13)14-18-19-16-21(14)20-15(23-16)11-2-6-12(17)7-3-11/h2-9H,1H3. The van der Waals surface area contributed by atoms with Gasteiger partial charge in [-0.1, -0.05) is 39.4 Å². The first-order valence-electron chi connectivity index (χ1n) is 6.87. The summed E-state index contributed by atoms with van der Waals surface area (Å²) in [4.78, 5) is 0.772. The van der Waals surface area contributed by atoms with Gasteiger partial charge in [0.05, 0.1) is 7.11 Å². The van der Waals surface area contributed by atoms with E-state index in [2.05, 4.69) is 31.2 Å². The van der Waals surface area contributed by atoms with Crippen LogP contribution in [-0.2, 0) is 0 Å². The monoisotopic (exact) mass is 386 g/mol. The average molecular weight is 387 g/mol. The van der Waals surface area contributed by atoms with Gasteiger partial charge in [0.1, 0.15) is 10.8 Å². The summed E-state index contributed by atoms with van der Waals surface area (Å²) < 4.78 is 8.01. The molecule has 0 unspecified atom stereocenters. The van der Waals surface area contributed by atoms with E-state index in [1.807, 2.05) is 48.5 Å². The van der Waals surface area contributed by atoms with Crippen molar-refractivity contribution in [3.05, 3.63) is 53.0 Å². The Labute approximate surface area is 144 Å². The maximum absolute atomic E-state index is 5.19. The molecule has 0 N–H and O–H groups in total. The highest BCUT2D eigenvalue weighted by Crippen LogP contribution is 2.29. The molecular weight excluding hydrogens is 376 g/mol. The zero-order valence-electron chi connectivity index (χ0n) is 12.1. The third kappa shape index (κ3) is 2.62. The number of hydrogen-bond donors (Lipinski definition) is 0. The first-order valence-corrected chi connectivity index (χ1v) is 8.48. The lowest BCUT2D eigenvalue weighted by Crippen LogP contribution is -1.91. The first-order chi connectivity index (χ1) is 11.2. The predicted octanol–water partition coefficient (Wildman–Crippen LogP) is 4.29. The van der Waals surface area contributed by atoms with Gasteiger partial charge in [0, 0.05) is 15.6 Å². The largest absolute Gasteiger partial charge is 0.497 e. The van der Waals surface area contributed by atoms with Gasteiger partial charge < -0.3 is 4.74 Å². The van der Waals surface area contributed by atoms with Gasteiger partial charge in [0.25, 0.3) is 0 Å². The molecule has 114 valence electrons. The second-order valence-electron chi connectivity index (χ2n) is 4.86. The number of nitrogens with zero attached hydrogens (tertiary/aromatic N) is 4. The summed E-state index contributed by atoms with van der Waals surface area (Å²) in [5.41, 5.74) is 2.01. The summed E-state index contributed by atoms with van der Waals surface area (Å²) in [5.74, 6) is 1.53. The van der Waals surface area contributed by atoms with Crippen molar-refractivity contribution in [3.63, 3.8) is 0 Å². The van der Waals surface area contributed by atoms with Crippen LogP contribution in [-0.4, -0.2) is 26.9 Å². The fourth-order valence-electron chi connectivity index (χ4n) is 2.25. The van der Waals surface area contributed by atoms with E-state index >= 15 is 0 Å². The minimum Gasteiger partial charge on any atom is -0.497 e. The molecule has 0 fully saturated rings. The molecule has 5 nitrogen and oxygen atoms in total. The molecule has 4 aromatic rings. The maximum atomic E-state index is 5.19. The number of benzene rings is 2.